The van der Waals surface area contributed by atoms with Crippen LogP contribution in [0.15, 0.2) is 36.5 Å². The van der Waals surface area contributed by atoms with E-state index in [4.69, 9.17) is 5.73 Å². The van der Waals surface area contributed by atoms with Crippen LogP contribution >= 0.6 is 0 Å². The van der Waals surface area contributed by atoms with Crippen LogP contribution in [0.25, 0.3) is 10.9 Å². The van der Waals surface area contributed by atoms with Crippen molar-refractivity contribution in [1.29, 1.82) is 0 Å². The number of benzene rings is 1. The van der Waals surface area contributed by atoms with Crippen molar-refractivity contribution in [2.45, 2.75) is 43.5 Å². The van der Waals surface area contributed by atoms with Crippen LogP contribution in [0.4, 0.5) is 0 Å². The number of aromatic nitrogens is 1. The van der Waals surface area contributed by atoms with Gasteiger partial charge in [-0.15, -0.1) is 0 Å². The lowest BCUT2D eigenvalue weighted by Crippen LogP contribution is -2.40. The molecule has 3 N–H and O–H groups in total. The van der Waals surface area contributed by atoms with Crippen molar-refractivity contribution in [3.63, 3.8) is 0 Å². The second kappa shape index (κ2) is 6.32. The molecule has 0 radical (unpaired) electrons. The largest absolute Gasteiger partial charge is 0.328 e. The van der Waals surface area contributed by atoms with Gasteiger partial charge < -0.3 is 5.73 Å². The number of para-hydroxylation sites is 1. The molecule has 0 unspecified atom stereocenters. The topological polar surface area (TPSA) is 85.1 Å². The van der Waals surface area contributed by atoms with Gasteiger partial charge in [0.15, 0.2) is 0 Å². The van der Waals surface area contributed by atoms with E-state index in [-0.39, 0.29) is 17.8 Å². The molecular formula is C16H21N3O2S. The highest BCUT2D eigenvalue weighted by molar-refractivity contribution is 7.88. The third-order valence-corrected chi connectivity index (χ3v) is 5.56. The SMILES string of the molecule is NC1CCC(NS(=O)(=O)Cc2cccc3cccnc23)CC1. The Balaban J connectivity index is 1.76. The van der Waals surface area contributed by atoms with Gasteiger partial charge in [0.1, 0.15) is 0 Å². The molecule has 1 heterocycles. The Morgan fingerprint density at radius 1 is 1.14 bits per heavy atom. The first kappa shape index (κ1) is 15.4. The van der Waals surface area contributed by atoms with Crippen molar-refractivity contribution in [2.75, 3.05) is 0 Å². The Morgan fingerprint density at radius 3 is 2.64 bits per heavy atom. The van der Waals surface area contributed by atoms with Crippen LogP contribution < -0.4 is 10.5 Å². The maximum atomic E-state index is 12.4. The van der Waals surface area contributed by atoms with Gasteiger partial charge in [0.25, 0.3) is 0 Å². The summed E-state index contributed by atoms with van der Waals surface area (Å²) in [5.41, 5.74) is 7.35. The summed E-state index contributed by atoms with van der Waals surface area (Å²) in [5.74, 6) is -0.0378. The van der Waals surface area contributed by atoms with Crippen molar-refractivity contribution < 1.29 is 8.42 Å². The van der Waals surface area contributed by atoms with E-state index < -0.39 is 10.0 Å². The minimum absolute atomic E-state index is 0.00716. The summed E-state index contributed by atoms with van der Waals surface area (Å²) in [7, 11) is -3.37. The number of rotatable bonds is 4. The second-order valence-electron chi connectivity index (χ2n) is 5.98. The molecule has 2 aromatic rings. The lowest BCUT2D eigenvalue weighted by atomic mass is 9.93. The number of hydrogen-bond acceptors (Lipinski definition) is 4. The molecule has 1 aromatic heterocycles. The summed E-state index contributed by atoms with van der Waals surface area (Å²) in [5, 5.41) is 0.957. The maximum Gasteiger partial charge on any atom is 0.216 e. The molecule has 0 atom stereocenters. The fraction of sp³-hybridized carbons (Fsp3) is 0.438. The van der Waals surface area contributed by atoms with Gasteiger partial charge >= 0.3 is 0 Å². The van der Waals surface area contributed by atoms with Gasteiger partial charge in [-0.3, -0.25) is 4.98 Å². The number of fused-ring (bicyclic) bond motifs is 1. The smallest absolute Gasteiger partial charge is 0.216 e. The van der Waals surface area contributed by atoms with Crippen molar-refractivity contribution >= 4 is 20.9 Å². The summed E-state index contributed by atoms with van der Waals surface area (Å²) in [4.78, 5) is 4.31. The summed E-state index contributed by atoms with van der Waals surface area (Å²) in [6.07, 6.45) is 5.07. The molecule has 3 rings (SSSR count). The molecule has 0 aliphatic heterocycles. The van der Waals surface area contributed by atoms with E-state index in [1.165, 1.54) is 0 Å². The average Bonchev–Trinajstić information content (AvgIpc) is 2.49. The summed E-state index contributed by atoms with van der Waals surface area (Å²) in [6, 6.07) is 9.64. The Kier molecular flexibility index (Phi) is 4.42. The Morgan fingerprint density at radius 2 is 1.86 bits per heavy atom. The predicted molar refractivity (Wildman–Crippen MR) is 87.7 cm³/mol. The van der Waals surface area contributed by atoms with E-state index in [0.29, 0.717) is 0 Å². The lowest BCUT2D eigenvalue weighted by molar-refractivity contribution is 0.373. The molecule has 0 saturated heterocycles. The Bertz CT molecular complexity index is 748. The molecular weight excluding hydrogens is 298 g/mol. The van der Waals surface area contributed by atoms with Crippen LogP contribution in [0.5, 0.6) is 0 Å². The standard InChI is InChI=1S/C16H21N3O2S/c17-14-6-8-15(9-7-14)19-22(20,21)11-13-4-1-3-12-5-2-10-18-16(12)13/h1-5,10,14-15,19H,6-9,11,17H2. The molecule has 1 aromatic carbocycles. The fourth-order valence-corrected chi connectivity index (χ4v) is 4.49. The van der Waals surface area contributed by atoms with Gasteiger partial charge in [0.2, 0.25) is 10.0 Å². The van der Waals surface area contributed by atoms with Gasteiger partial charge in [0.05, 0.1) is 11.3 Å². The van der Waals surface area contributed by atoms with Crippen LogP contribution in [-0.4, -0.2) is 25.5 Å². The summed E-state index contributed by atoms with van der Waals surface area (Å²) >= 11 is 0. The van der Waals surface area contributed by atoms with Crippen molar-refractivity contribution in [3.8, 4) is 0 Å². The van der Waals surface area contributed by atoms with Gasteiger partial charge in [-0.2, -0.15) is 0 Å². The summed E-state index contributed by atoms with van der Waals surface area (Å²) in [6.45, 7) is 0. The van der Waals surface area contributed by atoms with Crippen molar-refractivity contribution in [3.05, 3.63) is 42.1 Å². The van der Waals surface area contributed by atoms with E-state index in [0.717, 1.165) is 42.1 Å². The average molecular weight is 319 g/mol. The van der Waals surface area contributed by atoms with E-state index in [2.05, 4.69) is 9.71 Å². The van der Waals surface area contributed by atoms with Crippen LogP contribution in [0.3, 0.4) is 0 Å². The number of nitrogens with two attached hydrogens (primary N) is 1. The molecule has 0 spiro atoms. The first-order chi connectivity index (χ1) is 10.5. The van der Waals surface area contributed by atoms with Crippen molar-refractivity contribution in [2.24, 2.45) is 5.73 Å². The normalized spacial score (nSPS) is 22.8. The quantitative estimate of drug-likeness (QED) is 0.901. The number of nitrogens with one attached hydrogen (secondary N) is 1. The molecule has 1 saturated carbocycles. The monoisotopic (exact) mass is 319 g/mol. The van der Waals surface area contributed by atoms with Crippen LogP contribution in [0.2, 0.25) is 0 Å². The maximum absolute atomic E-state index is 12.4. The molecule has 5 nitrogen and oxygen atoms in total. The van der Waals surface area contributed by atoms with Crippen molar-refractivity contribution in [1.82, 2.24) is 9.71 Å². The zero-order chi connectivity index (χ0) is 15.6. The van der Waals surface area contributed by atoms with Gasteiger partial charge in [-0.1, -0.05) is 24.3 Å². The predicted octanol–water partition coefficient (Wildman–Crippen LogP) is 1.92. The Hall–Kier alpha value is -1.50. The number of pyridine rings is 1. The third-order valence-electron chi connectivity index (χ3n) is 4.18. The van der Waals surface area contributed by atoms with E-state index >= 15 is 0 Å². The molecule has 6 heteroatoms. The minimum Gasteiger partial charge on any atom is -0.328 e. The molecule has 118 valence electrons. The van der Waals surface area contributed by atoms with E-state index in [1.54, 1.807) is 6.20 Å². The van der Waals surface area contributed by atoms with Crippen LogP contribution in [0.1, 0.15) is 31.2 Å². The highest BCUT2D eigenvalue weighted by Crippen LogP contribution is 2.21. The van der Waals surface area contributed by atoms with Gasteiger partial charge in [0, 0.05) is 23.7 Å². The first-order valence-electron chi connectivity index (χ1n) is 7.62. The zero-order valence-electron chi connectivity index (χ0n) is 12.4. The highest BCUT2D eigenvalue weighted by atomic mass is 32.2. The highest BCUT2D eigenvalue weighted by Gasteiger charge is 2.23. The minimum atomic E-state index is -3.37. The van der Waals surface area contributed by atoms with Crippen LogP contribution in [-0.2, 0) is 15.8 Å². The lowest BCUT2D eigenvalue weighted by Gasteiger charge is -2.26. The first-order valence-corrected chi connectivity index (χ1v) is 9.27. The molecule has 1 aliphatic rings. The van der Waals surface area contributed by atoms with Crippen LogP contribution in [0, 0.1) is 0 Å². The second-order valence-corrected chi connectivity index (χ2v) is 7.73. The zero-order valence-corrected chi connectivity index (χ0v) is 13.2. The fourth-order valence-electron chi connectivity index (χ4n) is 3.02. The molecule has 1 fully saturated rings. The van der Waals surface area contributed by atoms with Gasteiger partial charge in [-0.25, -0.2) is 13.1 Å². The van der Waals surface area contributed by atoms with E-state index in [9.17, 15) is 8.42 Å². The third kappa shape index (κ3) is 3.63. The van der Waals surface area contributed by atoms with E-state index in [1.807, 2.05) is 30.3 Å². The molecule has 1 aliphatic carbocycles. The number of nitrogens with zero attached hydrogens (tertiary/aromatic N) is 1. The number of hydrogen-bond donors (Lipinski definition) is 2. The molecule has 0 bridgehead atoms. The summed E-state index contributed by atoms with van der Waals surface area (Å²) < 4.78 is 27.7. The Labute approximate surface area is 131 Å². The molecule has 0 amide bonds. The molecule has 22 heavy (non-hydrogen) atoms. The van der Waals surface area contributed by atoms with Gasteiger partial charge in [-0.05, 0) is 37.3 Å². The number of sulfonamides is 1.